The first-order valence-corrected chi connectivity index (χ1v) is 5.24. The molecule has 0 unspecified atom stereocenters. The minimum atomic E-state index is 0.236. The molecule has 1 rings (SSSR count). The van der Waals surface area contributed by atoms with Crippen LogP contribution in [0.1, 0.15) is 11.1 Å². The van der Waals surface area contributed by atoms with Gasteiger partial charge in [0.15, 0.2) is 0 Å². The average Bonchev–Trinajstić information content (AvgIpc) is 2.09. The molecule has 0 aliphatic carbocycles. The topological polar surface area (TPSA) is 20.2 Å². The van der Waals surface area contributed by atoms with Crippen LogP contribution in [0.15, 0.2) is 23.1 Å². The number of hydrogen-bond acceptors (Lipinski definition) is 2. The monoisotopic (exact) mass is 182 g/mol. The molecule has 0 aliphatic rings. The maximum atomic E-state index is 8.77. The standard InChI is InChI=1S/C10H14OS/c1-8-7-10(12-2)4-3-9(8)5-6-11/h3-4,7,11H,5-6H2,1-2H3. The summed E-state index contributed by atoms with van der Waals surface area (Å²) < 4.78 is 0. The van der Waals surface area contributed by atoms with Gasteiger partial charge in [0, 0.05) is 11.5 Å². The van der Waals surface area contributed by atoms with E-state index in [1.54, 1.807) is 11.8 Å². The average molecular weight is 182 g/mol. The first-order valence-electron chi connectivity index (χ1n) is 4.02. The van der Waals surface area contributed by atoms with Crippen LogP contribution in [0.4, 0.5) is 0 Å². The van der Waals surface area contributed by atoms with E-state index in [-0.39, 0.29) is 6.61 Å². The molecule has 2 heteroatoms. The maximum Gasteiger partial charge on any atom is 0.0471 e. The van der Waals surface area contributed by atoms with Crippen molar-refractivity contribution in [1.29, 1.82) is 0 Å². The second kappa shape index (κ2) is 4.53. The van der Waals surface area contributed by atoms with E-state index in [0.717, 1.165) is 6.42 Å². The SMILES string of the molecule is CSc1ccc(CCO)c(C)c1. The summed E-state index contributed by atoms with van der Waals surface area (Å²) in [6, 6.07) is 6.36. The molecule has 0 bridgehead atoms. The molecular weight excluding hydrogens is 168 g/mol. The van der Waals surface area contributed by atoms with E-state index in [0.29, 0.717) is 0 Å². The number of hydrogen-bond donors (Lipinski definition) is 1. The minimum Gasteiger partial charge on any atom is -0.396 e. The van der Waals surface area contributed by atoms with Gasteiger partial charge in [-0.2, -0.15) is 0 Å². The lowest BCUT2D eigenvalue weighted by atomic mass is 10.1. The minimum absolute atomic E-state index is 0.236. The number of aryl methyl sites for hydroxylation is 1. The molecule has 66 valence electrons. The summed E-state index contributed by atoms with van der Waals surface area (Å²) in [5.41, 5.74) is 2.52. The third kappa shape index (κ3) is 2.26. The maximum absolute atomic E-state index is 8.77. The summed E-state index contributed by atoms with van der Waals surface area (Å²) in [7, 11) is 0. The van der Waals surface area contributed by atoms with Crippen LogP contribution in [0.25, 0.3) is 0 Å². The van der Waals surface area contributed by atoms with Crippen LogP contribution >= 0.6 is 11.8 Å². The highest BCUT2D eigenvalue weighted by atomic mass is 32.2. The Kier molecular flexibility index (Phi) is 3.63. The predicted molar refractivity (Wildman–Crippen MR) is 53.7 cm³/mol. The quantitative estimate of drug-likeness (QED) is 0.723. The fourth-order valence-corrected chi connectivity index (χ4v) is 1.70. The van der Waals surface area contributed by atoms with Gasteiger partial charge in [0.2, 0.25) is 0 Å². The molecule has 0 heterocycles. The van der Waals surface area contributed by atoms with Crippen molar-refractivity contribution in [3.05, 3.63) is 29.3 Å². The molecule has 1 aromatic rings. The van der Waals surface area contributed by atoms with E-state index in [1.807, 2.05) is 0 Å². The molecule has 0 spiro atoms. The Labute approximate surface area is 77.8 Å². The molecule has 0 saturated carbocycles. The van der Waals surface area contributed by atoms with Crippen molar-refractivity contribution in [2.24, 2.45) is 0 Å². The molecule has 12 heavy (non-hydrogen) atoms. The van der Waals surface area contributed by atoms with Crippen LogP contribution < -0.4 is 0 Å². The molecule has 0 saturated heterocycles. The van der Waals surface area contributed by atoms with E-state index in [9.17, 15) is 0 Å². The summed E-state index contributed by atoms with van der Waals surface area (Å²) in [6.07, 6.45) is 2.83. The lowest BCUT2D eigenvalue weighted by molar-refractivity contribution is 0.299. The number of thioether (sulfide) groups is 1. The number of aliphatic hydroxyl groups is 1. The lowest BCUT2D eigenvalue weighted by Crippen LogP contribution is -1.93. The van der Waals surface area contributed by atoms with Crippen LogP contribution in [-0.2, 0) is 6.42 Å². The van der Waals surface area contributed by atoms with Crippen molar-refractivity contribution >= 4 is 11.8 Å². The summed E-state index contributed by atoms with van der Waals surface area (Å²) >= 11 is 1.75. The van der Waals surface area contributed by atoms with Gasteiger partial charge in [0.25, 0.3) is 0 Å². The second-order valence-electron chi connectivity index (χ2n) is 2.77. The first kappa shape index (κ1) is 9.62. The molecule has 1 nitrogen and oxygen atoms in total. The zero-order valence-corrected chi connectivity index (χ0v) is 8.32. The van der Waals surface area contributed by atoms with E-state index < -0.39 is 0 Å². The number of benzene rings is 1. The molecule has 0 aromatic heterocycles. The molecule has 0 fully saturated rings. The Morgan fingerprint density at radius 1 is 1.42 bits per heavy atom. The van der Waals surface area contributed by atoms with Crippen LogP contribution in [0, 0.1) is 6.92 Å². The van der Waals surface area contributed by atoms with E-state index in [1.165, 1.54) is 16.0 Å². The summed E-state index contributed by atoms with van der Waals surface area (Å²) in [4.78, 5) is 1.29. The fraction of sp³-hybridized carbons (Fsp3) is 0.400. The Hall–Kier alpha value is -0.470. The normalized spacial score (nSPS) is 10.2. The molecule has 0 aliphatic heterocycles. The Morgan fingerprint density at radius 2 is 2.17 bits per heavy atom. The highest BCUT2D eigenvalue weighted by Gasteiger charge is 1.98. The molecule has 0 radical (unpaired) electrons. The van der Waals surface area contributed by atoms with Gasteiger partial charge in [0.1, 0.15) is 0 Å². The summed E-state index contributed by atoms with van der Waals surface area (Å²) in [5.74, 6) is 0. The Bertz CT molecular complexity index is 258. The van der Waals surface area contributed by atoms with Gasteiger partial charge in [-0.3, -0.25) is 0 Å². The van der Waals surface area contributed by atoms with Gasteiger partial charge >= 0.3 is 0 Å². The highest BCUT2D eigenvalue weighted by Crippen LogP contribution is 2.18. The molecule has 0 atom stereocenters. The van der Waals surface area contributed by atoms with Crippen LogP contribution in [0.3, 0.4) is 0 Å². The van der Waals surface area contributed by atoms with Crippen molar-refractivity contribution in [2.45, 2.75) is 18.2 Å². The smallest absolute Gasteiger partial charge is 0.0471 e. The summed E-state index contributed by atoms with van der Waals surface area (Å²) in [6.45, 7) is 2.32. The van der Waals surface area contributed by atoms with Gasteiger partial charge in [0.05, 0.1) is 0 Å². The van der Waals surface area contributed by atoms with Gasteiger partial charge < -0.3 is 5.11 Å². The van der Waals surface area contributed by atoms with Crippen LogP contribution in [0.5, 0.6) is 0 Å². The van der Waals surface area contributed by atoms with Crippen molar-refractivity contribution in [3.63, 3.8) is 0 Å². The molecule has 1 aromatic carbocycles. The van der Waals surface area contributed by atoms with Crippen molar-refractivity contribution < 1.29 is 5.11 Å². The molecule has 1 N–H and O–H groups in total. The molecular formula is C10H14OS. The number of rotatable bonds is 3. The van der Waals surface area contributed by atoms with E-state index >= 15 is 0 Å². The largest absolute Gasteiger partial charge is 0.396 e. The van der Waals surface area contributed by atoms with Gasteiger partial charge in [-0.1, -0.05) is 6.07 Å². The molecule has 0 amide bonds. The predicted octanol–water partition coefficient (Wildman–Crippen LogP) is 2.25. The van der Waals surface area contributed by atoms with Crippen molar-refractivity contribution in [3.8, 4) is 0 Å². The summed E-state index contributed by atoms with van der Waals surface area (Å²) in [5, 5.41) is 8.77. The van der Waals surface area contributed by atoms with Crippen LogP contribution in [-0.4, -0.2) is 18.0 Å². The van der Waals surface area contributed by atoms with Crippen molar-refractivity contribution in [1.82, 2.24) is 0 Å². The lowest BCUT2D eigenvalue weighted by Gasteiger charge is -2.05. The Balaban J connectivity index is 2.87. The highest BCUT2D eigenvalue weighted by molar-refractivity contribution is 7.98. The third-order valence-corrected chi connectivity index (χ3v) is 2.66. The third-order valence-electron chi connectivity index (χ3n) is 1.93. The zero-order valence-electron chi connectivity index (χ0n) is 7.50. The van der Waals surface area contributed by atoms with Gasteiger partial charge in [-0.25, -0.2) is 0 Å². The van der Waals surface area contributed by atoms with E-state index in [2.05, 4.69) is 31.4 Å². The van der Waals surface area contributed by atoms with Gasteiger partial charge in [-0.15, -0.1) is 11.8 Å². The van der Waals surface area contributed by atoms with Crippen molar-refractivity contribution in [2.75, 3.05) is 12.9 Å². The Morgan fingerprint density at radius 3 is 2.67 bits per heavy atom. The van der Waals surface area contributed by atoms with Gasteiger partial charge in [-0.05, 0) is 42.9 Å². The number of aliphatic hydroxyl groups excluding tert-OH is 1. The zero-order chi connectivity index (χ0) is 8.97. The first-order chi connectivity index (χ1) is 5.77. The second-order valence-corrected chi connectivity index (χ2v) is 3.65. The van der Waals surface area contributed by atoms with E-state index in [4.69, 9.17) is 5.11 Å². The van der Waals surface area contributed by atoms with Crippen LogP contribution in [0.2, 0.25) is 0 Å². The fourth-order valence-electron chi connectivity index (χ4n) is 1.20.